The number of halogens is 1. The van der Waals surface area contributed by atoms with E-state index < -0.39 is 0 Å². The van der Waals surface area contributed by atoms with Crippen LogP contribution in [0.4, 0.5) is 5.69 Å². The first-order valence-corrected chi connectivity index (χ1v) is 9.02. The minimum atomic E-state index is -0.219. The molecule has 1 aromatic heterocycles. The van der Waals surface area contributed by atoms with E-state index in [1.54, 1.807) is 24.4 Å². The van der Waals surface area contributed by atoms with Gasteiger partial charge in [0, 0.05) is 21.7 Å². The van der Waals surface area contributed by atoms with E-state index in [4.69, 9.17) is 0 Å². The summed E-state index contributed by atoms with van der Waals surface area (Å²) in [5.74, 6) is -0.219. The first-order valence-electron chi connectivity index (χ1n) is 8.22. The summed E-state index contributed by atoms with van der Waals surface area (Å²) in [6, 6.07) is 25.5. The maximum absolute atomic E-state index is 12.6. The van der Waals surface area contributed by atoms with Crippen LogP contribution in [-0.2, 0) is 0 Å². The van der Waals surface area contributed by atoms with Crippen LogP contribution in [0.25, 0.3) is 21.9 Å². The molecule has 0 saturated carbocycles. The predicted molar refractivity (Wildman–Crippen MR) is 109 cm³/mol. The predicted octanol–water partition coefficient (Wildman–Crippen LogP) is 5.92. The molecule has 0 fully saturated rings. The summed E-state index contributed by atoms with van der Waals surface area (Å²) in [5, 5.41) is 5.10. The molecule has 0 radical (unpaired) electrons. The fraction of sp³-hybridized carbons (Fsp3) is 0. The van der Waals surface area contributed by atoms with Crippen LogP contribution >= 0.6 is 15.9 Å². The molecule has 126 valence electrons. The van der Waals surface area contributed by atoms with Crippen molar-refractivity contribution in [3.05, 3.63) is 95.2 Å². The van der Waals surface area contributed by atoms with Crippen molar-refractivity contribution < 1.29 is 4.79 Å². The van der Waals surface area contributed by atoms with Crippen molar-refractivity contribution in [2.45, 2.75) is 0 Å². The Balaban J connectivity index is 1.83. The Hall–Kier alpha value is -2.98. The number of pyridine rings is 1. The molecule has 26 heavy (non-hydrogen) atoms. The highest BCUT2D eigenvalue weighted by molar-refractivity contribution is 9.10. The number of hydrogen-bond donors (Lipinski definition) is 1. The van der Waals surface area contributed by atoms with Crippen molar-refractivity contribution in [1.82, 2.24) is 4.98 Å². The lowest BCUT2D eigenvalue weighted by Crippen LogP contribution is -2.13. The van der Waals surface area contributed by atoms with E-state index in [0.717, 1.165) is 32.1 Å². The average Bonchev–Trinajstić information content (AvgIpc) is 2.69. The van der Waals surface area contributed by atoms with Gasteiger partial charge in [0.25, 0.3) is 5.91 Å². The van der Waals surface area contributed by atoms with Crippen molar-refractivity contribution in [2.75, 3.05) is 5.32 Å². The van der Waals surface area contributed by atoms with E-state index in [2.05, 4.69) is 44.4 Å². The fourth-order valence-corrected chi connectivity index (χ4v) is 3.26. The highest BCUT2D eigenvalue weighted by Gasteiger charge is 2.12. The number of aromatic nitrogens is 1. The zero-order valence-electron chi connectivity index (χ0n) is 13.8. The van der Waals surface area contributed by atoms with Gasteiger partial charge in [-0.05, 0) is 46.8 Å². The third-order valence-electron chi connectivity index (χ3n) is 4.21. The normalized spacial score (nSPS) is 10.7. The van der Waals surface area contributed by atoms with Crippen molar-refractivity contribution in [3.63, 3.8) is 0 Å². The Labute approximate surface area is 159 Å². The highest BCUT2D eigenvalue weighted by Crippen LogP contribution is 2.34. The van der Waals surface area contributed by atoms with Crippen LogP contribution < -0.4 is 5.32 Å². The summed E-state index contributed by atoms with van der Waals surface area (Å²) in [7, 11) is 0. The maximum atomic E-state index is 12.6. The molecular weight excluding hydrogens is 388 g/mol. The lowest BCUT2D eigenvalue weighted by molar-refractivity contribution is 0.102. The van der Waals surface area contributed by atoms with Crippen molar-refractivity contribution in [1.29, 1.82) is 0 Å². The molecule has 0 unspecified atom stereocenters. The first-order chi connectivity index (χ1) is 12.7. The number of amides is 1. The Morgan fingerprint density at radius 2 is 1.62 bits per heavy atom. The first kappa shape index (κ1) is 16.5. The van der Waals surface area contributed by atoms with Crippen LogP contribution in [0.15, 0.2) is 89.5 Å². The third kappa shape index (κ3) is 3.24. The molecule has 4 heteroatoms. The van der Waals surface area contributed by atoms with E-state index in [1.165, 1.54) is 0 Å². The lowest BCUT2D eigenvalue weighted by atomic mass is 9.97. The van der Waals surface area contributed by atoms with Crippen LogP contribution in [0, 0.1) is 0 Å². The van der Waals surface area contributed by atoms with Crippen LogP contribution in [0.5, 0.6) is 0 Å². The zero-order chi connectivity index (χ0) is 17.9. The number of anilines is 1. The Bertz CT molecular complexity index is 1070. The average molecular weight is 403 g/mol. The molecule has 0 aliphatic rings. The Morgan fingerprint density at radius 3 is 2.35 bits per heavy atom. The zero-order valence-corrected chi connectivity index (χ0v) is 15.4. The fourth-order valence-electron chi connectivity index (χ4n) is 3.00. The molecule has 4 rings (SSSR count). The molecule has 0 atom stereocenters. The SMILES string of the molecule is O=C(Nc1cccc2cccc(-c3ccc(Br)cc3)c12)c1ccccn1. The van der Waals surface area contributed by atoms with Crippen LogP contribution in [0.2, 0.25) is 0 Å². The monoisotopic (exact) mass is 402 g/mol. The van der Waals surface area contributed by atoms with Crippen LogP contribution in [0.1, 0.15) is 10.5 Å². The molecule has 3 aromatic carbocycles. The molecule has 0 spiro atoms. The highest BCUT2D eigenvalue weighted by atomic mass is 79.9. The topological polar surface area (TPSA) is 42.0 Å². The second-order valence-corrected chi connectivity index (χ2v) is 6.80. The second-order valence-electron chi connectivity index (χ2n) is 5.89. The molecule has 1 heterocycles. The number of nitrogens with one attached hydrogen (secondary N) is 1. The van der Waals surface area contributed by atoms with Gasteiger partial charge in [-0.25, -0.2) is 0 Å². The second kappa shape index (κ2) is 7.10. The molecular formula is C22H15BrN2O. The van der Waals surface area contributed by atoms with Crippen LogP contribution in [-0.4, -0.2) is 10.9 Å². The smallest absolute Gasteiger partial charge is 0.274 e. The minimum absolute atomic E-state index is 0.219. The van der Waals surface area contributed by atoms with Gasteiger partial charge in [0.05, 0.1) is 0 Å². The van der Waals surface area contributed by atoms with Gasteiger partial charge in [0.15, 0.2) is 0 Å². The lowest BCUT2D eigenvalue weighted by Gasteiger charge is -2.13. The molecule has 0 saturated heterocycles. The summed E-state index contributed by atoms with van der Waals surface area (Å²) in [4.78, 5) is 16.7. The molecule has 3 nitrogen and oxygen atoms in total. The largest absolute Gasteiger partial charge is 0.320 e. The number of benzene rings is 3. The van der Waals surface area contributed by atoms with Crippen molar-refractivity contribution >= 4 is 38.3 Å². The number of carbonyl (C=O) groups excluding carboxylic acids is 1. The van der Waals surface area contributed by atoms with Crippen LogP contribution in [0.3, 0.4) is 0 Å². The number of rotatable bonds is 3. The Morgan fingerprint density at radius 1 is 0.846 bits per heavy atom. The van der Waals surface area contributed by atoms with E-state index in [1.807, 2.05) is 42.5 Å². The van der Waals surface area contributed by atoms with Gasteiger partial charge in [0.2, 0.25) is 0 Å². The van der Waals surface area contributed by atoms with Gasteiger partial charge in [-0.1, -0.05) is 64.5 Å². The van der Waals surface area contributed by atoms with Gasteiger partial charge in [-0.2, -0.15) is 0 Å². The van der Waals surface area contributed by atoms with E-state index in [-0.39, 0.29) is 5.91 Å². The number of nitrogens with zero attached hydrogens (tertiary/aromatic N) is 1. The third-order valence-corrected chi connectivity index (χ3v) is 4.73. The Kier molecular flexibility index (Phi) is 4.50. The van der Waals surface area contributed by atoms with Gasteiger partial charge in [0.1, 0.15) is 5.69 Å². The summed E-state index contributed by atoms with van der Waals surface area (Å²) < 4.78 is 1.03. The summed E-state index contributed by atoms with van der Waals surface area (Å²) in [6.07, 6.45) is 1.62. The standard InChI is InChI=1S/C22H15BrN2O/c23-17-12-10-15(11-13-17)18-7-3-5-16-6-4-9-19(21(16)18)25-22(26)20-8-1-2-14-24-20/h1-14H,(H,25,26). The van der Waals surface area contributed by atoms with Gasteiger partial charge < -0.3 is 5.32 Å². The maximum Gasteiger partial charge on any atom is 0.274 e. The van der Waals surface area contributed by atoms with E-state index in [0.29, 0.717) is 5.69 Å². The van der Waals surface area contributed by atoms with Gasteiger partial charge >= 0.3 is 0 Å². The van der Waals surface area contributed by atoms with Gasteiger partial charge in [-0.3, -0.25) is 9.78 Å². The van der Waals surface area contributed by atoms with E-state index >= 15 is 0 Å². The molecule has 0 aliphatic heterocycles. The molecule has 0 aliphatic carbocycles. The minimum Gasteiger partial charge on any atom is -0.320 e. The van der Waals surface area contributed by atoms with Crippen molar-refractivity contribution in [3.8, 4) is 11.1 Å². The summed E-state index contributed by atoms with van der Waals surface area (Å²) in [5.41, 5.74) is 3.34. The molecule has 0 bridgehead atoms. The van der Waals surface area contributed by atoms with Crippen molar-refractivity contribution in [2.24, 2.45) is 0 Å². The van der Waals surface area contributed by atoms with Gasteiger partial charge in [-0.15, -0.1) is 0 Å². The summed E-state index contributed by atoms with van der Waals surface area (Å²) in [6.45, 7) is 0. The molecule has 1 amide bonds. The van der Waals surface area contributed by atoms with E-state index in [9.17, 15) is 4.79 Å². The summed E-state index contributed by atoms with van der Waals surface area (Å²) >= 11 is 3.48. The molecule has 4 aromatic rings. The number of fused-ring (bicyclic) bond motifs is 1. The number of hydrogen-bond acceptors (Lipinski definition) is 2. The number of carbonyl (C=O) groups is 1. The quantitative estimate of drug-likeness (QED) is 0.462. The molecule has 1 N–H and O–H groups in total.